The number of hydrogen-bond donors (Lipinski definition) is 1. The summed E-state index contributed by atoms with van der Waals surface area (Å²) in [5.74, 6) is -0.979. The van der Waals surface area contributed by atoms with Crippen LogP contribution < -0.4 is 5.32 Å². The number of carbonyl (C=O) groups is 1. The molecule has 1 N–H and O–H groups in total. The number of carbonyl (C=O) groups excluding carboxylic acids is 1. The molecule has 1 unspecified atom stereocenters. The fourth-order valence-corrected chi connectivity index (χ4v) is 1.51. The lowest BCUT2D eigenvalue weighted by Crippen LogP contribution is -2.36. The van der Waals surface area contributed by atoms with Crippen molar-refractivity contribution in [2.45, 2.75) is 13.0 Å². The van der Waals surface area contributed by atoms with Crippen LogP contribution in [-0.4, -0.2) is 39.4 Å². The third-order valence-corrected chi connectivity index (χ3v) is 2.54. The Kier molecular flexibility index (Phi) is 5.74. The van der Waals surface area contributed by atoms with E-state index in [0.717, 1.165) is 5.56 Å². The van der Waals surface area contributed by atoms with Gasteiger partial charge in [-0.3, -0.25) is 4.79 Å². The zero-order valence-electron chi connectivity index (χ0n) is 10.8. The van der Waals surface area contributed by atoms with Gasteiger partial charge in [0.1, 0.15) is 5.82 Å². The van der Waals surface area contributed by atoms with Gasteiger partial charge in [-0.1, -0.05) is 11.6 Å². The molecule has 1 rings (SSSR count). The summed E-state index contributed by atoms with van der Waals surface area (Å²) in [5, 5.41) is 2.62. The van der Waals surface area contributed by atoms with E-state index in [-0.39, 0.29) is 18.2 Å². The molecule has 1 amide bonds. The quantitative estimate of drug-likeness (QED) is 0.838. The van der Waals surface area contributed by atoms with Gasteiger partial charge in [-0.2, -0.15) is 0 Å². The monoisotopic (exact) mass is 255 g/mol. The second-order valence-electron chi connectivity index (χ2n) is 4.01. The molecule has 0 aliphatic carbocycles. The lowest BCUT2D eigenvalue weighted by Gasteiger charge is -2.15. The molecule has 0 radical (unpaired) electrons. The molecule has 4 nitrogen and oxygen atoms in total. The fourth-order valence-electron chi connectivity index (χ4n) is 1.51. The fraction of sp³-hybridized carbons (Fsp3) is 0.462. The smallest absolute Gasteiger partial charge is 0.254 e. The molecule has 0 saturated carbocycles. The number of hydrogen-bond acceptors (Lipinski definition) is 3. The largest absolute Gasteiger partial charge is 0.382 e. The number of halogens is 1. The Morgan fingerprint density at radius 3 is 2.78 bits per heavy atom. The molecule has 0 fully saturated rings. The molecule has 1 aromatic rings. The highest BCUT2D eigenvalue weighted by Crippen LogP contribution is 2.09. The van der Waals surface area contributed by atoms with E-state index in [0.29, 0.717) is 6.61 Å². The third kappa shape index (κ3) is 4.09. The maximum absolute atomic E-state index is 13.5. The zero-order chi connectivity index (χ0) is 13.5. The zero-order valence-corrected chi connectivity index (χ0v) is 10.8. The number of benzene rings is 1. The molecule has 0 aliphatic rings. The first-order valence-corrected chi connectivity index (χ1v) is 5.64. The first kappa shape index (κ1) is 14.6. The van der Waals surface area contributed by atoms with E-state index in [2.05, 4.69) is 5.32 Å². The Bertz CT molecular complexity index is 409. The van der Waals surface area contributed by atoms with Gasteiger partial charge in [0.25, 0.3) is 5.91 Å². The predicted molar refractivity (Wildman–Crippen MR) is 66.1 cm³/mol. The minimum Gasteiger partial charge on any atom is -0.382 e. The summed E-state index contributed by atoms with van der Waals surface area (Å²) >= 11 is 0. The lowest BCUT2D eigenvalue weighted by molar-refractivity contribution is 0.0285. The van der Waals surface area contributed by atoms with Gasteiger partial charge in [0, 0.05) is 20.8 Å². The van der Waals surface area contributed by atoms with Crippen LogP contribution >= 0.6 is 0 Å². The van der Waals surface area contributed by atoms with E-state index in [9.17, 15) is 9.18 Å². The van der Waals surface area contributed by atoms with Crippen LogP contribution in [0, 0.1) is 12.7 Å². The van der Waals surface area contributed by atoms with Crippen molar-refractivity contribution in [2.24, 2.45) is 0 Å². The van der Waals surface area contributed by atoms with Crippen LogP contribution in [0.5, 0.6) is 0 Å². The van der Waals surface area contributed by atoms with Crippen molar-refractivity contribution in [1.29, 1.82) is 0 Å². The number of rotatable bonds is 6. The van der Waals surface area contributed by atoms with Gasteiger partial charge in [-0.05, 0) is 19.1 Å². The second kappa shape index (κ2) is 7.08. The van der Waals surface area contributed by atoms with Gasteiger partial charge in [-0.25, -0.2) is 4.39 Å². The van der Waals surface area contributed by atoms with Crippen LogP contribution in [0.2, 0.25) is 0 Å². The molecule has 0 aromatic heterocycles. The number of ether oxygens (including phenoxy) is 2. The average Bonchev–Trinajstić information content (AvgIpc) is 2.37. The Balaban J connectivity index is 2.62. The molecule has 0 aliphatic heterocycles. The van der Waals surface area contributed by atoms with Gasteiger partial charge >= 0.3 is 0 Å². The number of aryl methyl sites for hydroxylation is 1. The number of amides is 1. The van der Waals surface area contributed by atoms with Crippen molar-refractivity contribution in [3.05, 3.63) is 35.1 Å². The highest BCUT2D eigenvalue weighted by molar-refractivity contribution is 5.94. The Hall–Kier alpha value is -1.46. The van der Waals surface area contributed by atoms with E-state index in [1.807, 2.05) is 0 Å². The van der Waals surface area contributed by atoms with Crippen LogP contribution in [0.15, 0.2) is 18.2 Å². The van der Waals surface area contributed by atoms with E-state index in [4.69, 9.17) is 9.47 Å². The maximum atomic E-state index is 13.5. The Morgan fingerprint density at radius 1 is 1.44 bits per heavy atom. The van der Waals surface area contributed by atoms with Crippen molar-refractivity contribution in [2.75, 3.05) is 27.4 Å². The standard InChI is InChI=1S/C13H18FNO3/c1-9-4-5-12(14)11(6-9)13(16)15-7-10(18-3)8-17-2/h4-6,10H,7-8H2,1-3H3,(H,15,16). The van der Waals surface area contributed by atoms with Crippen molar-refractivity contribution in [3.63, 3.8) is 0 Å². The molecule has 0 bridgehead atoms. The minimum absolute atomic E-state index is 0.0438. The van der Waals surface area contributed by atoms with Crippen LogP contribution in [0.1, 0.15) is 15.9 Å². The molecule has 0 saturated heterocycles. The van der Waals surface area contributed by atoms with Gasteiger partial charge < -0.3 is 14.8 Å². The SMILES string of the molecule is COCC(CNC(=O)c1cc(C)ccc1F)OC. The molecular weight excluding hydrogens is 237 g/mol. The molecule has 0 spiro atoms. The number of methoxy groups -OCH3 is 2. The summed E-state index contributed by atoms with van der Waals surface area (Å²) in [6.07, 6.45) is -0.244. The highest BCUT2D eigenvalue weighted by atomic mass is 19.1. The summed E-state index contributed by atoms with van der Waals surface area (Å²) < 4.78 is 23.5. The molecule has 0 heterocycles. The van der Waals surface area contributed by atoms with Gasteiger partial charge in [-0.15, -0.1) is 0 Å². The van der Waals surface area contributed by atoms with Crippen molar-refractivity contribution in [3.8, 4) is 0 Å². The van der Waals surface area contributed by atoms with Crippen LogP contribution in [0.25, 0.3) is 0 Å². The van der Waals surface area contributed by atoms with E-state index in [1.54, 1.807) is 20.1 Å². The van der Waals surface area contributed by atoms with E-state index < -0.39 is 11.7 Å². The molecular formula is C13H18FNO3. The van der Waals surface area contributed by atoms with Crippen LogP contribution in [0.4, 0.5) is 4.39 Å². The second-order valence-corrected chi connectivity index (χ2v) is 4.01. The highest BCUT2D eigenvalue weighted by Gasteiger charge is 2.14. The van der Waals surface area contributed by atoms with E-state index in [1.165, 1.54) is 19.2 Å². The maximum Gasteiger partial charge on any atom is 0.254 e. The van der Waals surface area contributed by atoms with Crippen LogP contribution in [-0.2, 0) is 9.47 Å². The summed E-state index contributed by atoms with van der Waals surface area (Å²) in [6, 6.07) is 4.42. The molecule has 1 atom stereocenters. The summed E-state index contributed by atoms with van der Waals surface area (Å²) in [5.41, 5.74) is 0.879. The summed E-state index contributed by atoms with van der Waals surface area (Å²) in [7, 11) is 3.08. The van der Waals surface area contributed by atoms with Gasteiger partial charge in [0.15, 0.2) is 0 Å². The number of nitrogens with one attached hydrogen (secondary N) is 1. The Labute approximate surface area is 106 Å². The Morgan fingerprint density at radius 2 is 2.17 bits per heavy atom. The third-order valence-electron chi connectivity index (χ3n) is 2.54. The van der Waals surface area contributed by atoms with Gasteiger partial charge in [0.05, 0.1) is 18.3 Å². The predicted octanol–water partition coefficient (Wildman–Crippen LogP) is 1.53. The summed E-state index contributed by atoms with van der Waals surface area (Å²) in [4.78, 5) is 11.8. The molecule has 100 valence electrons. The van der Waals surface area contributed by atoms with Crippen molar-refractivity contribution in [1.82, 2.24) is 5.32 Å². The lowest BCUT2D eigenvalue weighted by atomic mass is 10.1. The molecule has 1 aromatic carbocycles. The average molecular weight is 255 g/mol. The molecule has 18 heavy (non-hydrogen) atoms. The van der Waals surface area contributed by atoms with E-state index >= 15 is 0 Å². The summed E-state index contributed by atoms with van der Waals surface area (Å²) in [6.45, 7) is 2.45. The minimum atomic E-state index is -0.529. The van der Waals surface area contributed by atoms with Crippen molar-refractivity contribution < 1.29 is 18.7 Å². The van der Waals surface area contributed by atoms with Crippen LogP contribution in [0.3, 0.4) is 0 Å². The first-order valence-electron chi connectivity index (χ1n) is 5.64. The van der Waals surface area contributed by atoms with Gasteiger partial charge in [0.2, 0.25) is 0 Å². The topological polar surface area (TPSA) is 47.6 Å². The first-order chi connectivity index (χ1) is 8.58. The molecule has 5 heteroatoms. The normalized spacial score (nSPS) is 12.2. The van der Waals surface area contributed by atoms with Crippen molar-refractivity contribution >= 4 is 5.91 Å².